The van der Waals surface area contributed by atoms with E-state index in [1.165, 1.54) is 17.8 Å². The minimum absolute atomic E-state index is 0.0174. The van der Waals surface area contributed by atoms with Gasteiger partial charge in [-0.3, -0.25) is 4.79 Å². The van der Waals surface area contributed by atoms with Crippen LogP contribution < -0.4 is 16.0 Å². The summed E-state index contributed by atoms with van der Waals surface area (Å²) < 4.78 is 0. The molecule has 2 fully saturated rings. The second kappa shape index (κ2) is 5.21. The van der Waals surface area contributed by atoms with Crippen LogP contribution in [0, 0.1) is 0 Å². The van der Waals surface area contributed by atoms with E-state index in [0.717, 1.165) is 43.9 Å². The Kier molecular flexibility index (Phi) is 3.55. The first-order valence-corrected chi connectivity index (χ1v) is 7.90. The normalized spacial score (nSPS) is 20.8. The minimum atomic E-state index is -0.418. The predicted molar refractivity (Wildman–Crippen MR) is 79.1 cm³/mol. The summed E-state index contributed by atoms with van der Waals surface area (Å²) in [5.41, 5.74) is 5.46. The first-order valence-electron chi connectivity index (χ1n) is 7.08. The van der Waals surface area contributed by atoms with Crippen molar-refractivity contribution < 1.29 is 9.90 Å². The highest BCUT2D eigenvalue weighted by Gasteiger charge is 2.44. The molecule has 1 saturated heterocycles. The van der Waals surface area contributed by atoms with Crippen molar-refractivity contribution in [1.29, 1.82) is 0 Å². The molecule has 1 amide bonds. The van der Waals surface area contributed by atoms with E-state index in [1.54, 1.807) is 0 Å². The van der Waals surface area contributed by atoms with Gasteiger partial charge in [0.1, 0.15) is 10.7 Å². The smallest absolute Gasteiger partial charge is 0.265 e. The summed E-state index contributed by atoms with van der Waals surface area (Å²) in [4.78, 5) is 19.2. The third-order valence-electron chi connectivity index (χ3n) is 4.01. The standard InChI is InChI=1S/C13H20N4O2S/c14-10-9(11(19)16-13(8-18)4-5-13)20-12(15-10)17-6-2-1-3-7-17/h18H,1-8,14H2,(H,16,19). The summed E-state index contributed by atoms with van der Waals surface area (Å²) >= 11 is 1.35. The van der Waals surface area contributed by atoms with Crippen LogP contribution in [-0.4, -0.2) is 41.2 Å². The Morgan fingerprint density at radius 3 is 2.70 bits per heavy atom. The molecule has 6 nitrogen and oxygen atoms in total. The van der Waals surface area contributed by atoms with E-state index in [0.29, 0.717) is 10.7 Å². The van der Waals surface area contributed by atoms with Crippen LogP contribution in [0.3, 0.4) is 0 Å². The SMILES string of the molecule is Nc1nc(N2CCCCC2)sc1C(=O)NC1(CO)CC1. The van der Waals surface area contributed by atoms with E-state index in [2.05, 4.69) is 15.2 Å². The van der Waals surface area contributed by atoms with Gasteiger partial charge in [0, 0.05) is 13.1 Å². The molecule has 4 N–H and O–H groups in total. The van der Waals surface area contributed by atoms with Crippen molar-refractivity contribution >= 4 is 28.2 Å². The van der Waals surface area contributed by atoms with Gasteiger partial charge < -0.3 is 21.1 Å². The lowest BCUT2D eigenvalue weighted by Gasteiger charge is -2.25. The summed E-state index contributed by atoms with van der Waals surface area (Å²) in [6.07, 6.45) is 5.23. The number of nitrogen functional groups attached to an aromatic ring is 1. The highest BCUT2D eigenvalue weighted by Crippen LogP contribution is 2.36. The van der Waals surface area contributed by atoms with Crippen molar-refractivity contribution in [2.75, 3.05) is 30.3 Å². The van der Waals surface area contributed by atoms with Crippen LogP contribution in [0.25, 0.3) is 0 Å². The average Bonchev–Trinajstić information content (AvgIpc) is 3.13. The monoisotopic (exact) mass is 296 g/mol. The molecule has 0 unspecified atom stereocenters. The Morgan fingerprint density at radius 2 is 2.10 bits per heavy atom. The quantitative estimate of drug-likeness (QED) is 0.770. The van der Waals surface area contributed by atoms with Crippen LogP contribution in [0.5, 0.6) is 0 Å². The van der Waals surface area contributed by atoms with Crippen molar-refractivity contribution in [3.8, 4) is 0 Å². The summed E-state index contributed by atoms with van der Waals surface area (Å²) in [7, 11) is 0. The summed E-state index contributed by atoms with van der Waals surface area (Å²) in [5.74, 6) is 0.0802. The zero-order valence-corrected chi connectivity index (χ0v) is 12.2. The molecule has 0 spiro atoms. The maximum absolute atomic E-state index is 12.2. The third-order valence-corrected chi connectivity index (χ3v) is 5.14. The summed E-state index contributed by atoms with van der Waals surface area (Å²) in [5, 5.41) is 13.0. The molecule has 1 saturated carbocycles. The van der Waals surface area contributed by atoms with E-state index in [4.69, 9.17) is 5.73 Å². The molecule has 0 atom stereocenters. The number of carbonyl (C=O) groups is 1. The number of aromatic nitrogens is 1. The number of aliphatic hydroxyl groups is 1. The number of nitrogens with one attached hydrogen (secondary N) is 1. The molecule has 0 radical (unpaired) electrons. The average molecular weight is 296 g/mol. The molecule has 1 aliphatic heterocycles. The Labute approximate surface area is 122 Å². The first kappa shape index (κ1) is 13.6. The number of anilines is 2. The van der Waals surface area contributed by atoms with E-state index in [-0.39, 0.29) is 12.5 Å². The number of amides is 1. The lowest BCUT2D eigenvalue weighted by Crippen LogP contribution is -2.39. The molecule has 0 bridgehead atoms. The zero-order valence-electron chi connectivity index (χ0n) is 11.4. The lowest BCUT2D eigenvalue weighted by molar-refractivity contribution is 0.0911. The molecule has 1 aliphatic carbocycles. The van der Waals surface area contributed by atoms with Gasteiger partial charge in [-0.25, -0.2) is 4.98 Å². The summed E-state index contributed by atoms with van der Waals surface area (Å²) in [6.45, 7) is 1.94. The van der Waals surface area contributed by atoms with Gasteiger partial charge in [0.05, 0.1) is 12.1 Å². The second-order valence-electron chi connectivity index (χ2n) is 5.65. The molecule has 110 valence electrons. The van der Waals surface area contributed by atoms with Gasteiger partial charge in [-0.15, -0.1) is 0 Å². The second-order valence-corrected chi connectivity index (χ2v) is 6.63. The number of nitrogens with zero attached hydrogens (tertiary/aromatic N) is 2. The fourth-order valence-electron chi connectivity index (χ4n) is 2.47. The van der Waals surface area contributed by atoms with Crippen molar-refractivity contribution in [2.45, 2.75) is 37.6 Å². The van der Waals surface area contributed by atoms with Gasteiger partial charge in [0.2, 0.25) is 0 Å². The molecule has 20 heavy (non-hydrogen) atoms. The number of piperidine rings is 1. The van der Waals surface area contributed by atoms with Crippen LogP contribution >= 0.6 is 11.3 Å². The predicted octanol–water partition coefficient (Wildman–Crippen LogP) is 0.970. The Morgan fingerprint density at radius 1 is 1.40 bits per heavy atom. The molecule has 7 heteroatoms. The molecule has 0 aromatic carbocycles. The van der Waals surface area contributed by atoms with Gasteiger partial charge in [0.15, 0.2) is 5.13 Å². The molecule has 3 rings (SSSR count). The number of hydrogen-bond acceptors (Lipinski definition) is 6. The van der Waals surface area contributed by atoms with Crippen molar-refractivity contribution in [2.24, 2.45) is 0 Å². The highest BCUT2D eigenvalue weighted by molar-refractivity contribution is 7.18. The first-order chi connectivity index (χ1) is 9.63. The molecule has 2 heterocycles. The molecule has 1 aromatic heterocycles. The van der Waals surface area contributed by atoms with E-state index in [1.807, 2.05) is 0 Å². The van der Waals surface area contributed by atoms with Crippen LogP contribution in [0.2, 0.25) is 0 Å². The number of carbonyl (C=O) groups excluding carboxylic acids is 1. The van der Waals surface area contributed by atoms with Crippen LogP contribution in [0.1, 0.15) is 41.8 Å². The van der Waals surface area contributed by atoms with Gasteiger partial charge in [0.25, 0.3) is 5.91 Å². The Balaban J connectivity index is 1.73. The van der Waals surface area contributed by atoms with Gasteiger partial charge in [-0.05, 0) is 32.1 Å². The number of rotatable bonds is 4. The third kappa shape index (κ3) is 2.60. The number of nitrogens with two attached hydrogens (primary N) is 1. The number of hydrogen-bond donors (Lipinski definition) is 3. The van der Waals surface area contributed by atoms with Crippen molar-refractivity contribution in [3.05, 3.63) is 4.88 Å². The van der Waals surface area contributed by atoms with Crippen LogP contribution in [0.15, 0.2) is 0 Å². The highest BCUT2D eigenvalue weighted by atomic mass is 32.1. The van der Waals surface area contributed by atoms with Gasteiger partial charge in [-0.1, -0.05) is 11.3 Å². The minimum Gasteiger partial charge on any atom is -0.394 e. The molecular formula is C13H20N4O2S. The van der Waals surface area contributed by atoms with Crippen molar-refractivity contribution in [3.63, 3.8) is 0 Å². The Hall–Kier alpha value is -1.34. The fraction of sp³-hybridized carbons (Fsp3) is 0.692. The van der Waals surface area contributed by atoms with E-state index >= 15 is 0 Å². The Bertz CT molecular complexity index is 506. The van der Waals surface area contributed by atoms with Gasteiger partial charge >= 0.3 is 0 Å². The van der Waals surface area contributed by atoms with E-state index < -0.39 is 5.54 Å². The topological polar surface area (TPSA) is 91.5 Å². The number of thiazole rings is 1. The number of aliphatic hydroxyl groups excluding tert-OH is 1. The van der Waals surface area contributed by atoms with E-state index in [9.17, 15) is 9.90 Å². The van der Waals surface area contributed by atoms with Gasteiger partial charge in [-0.2, -0.15) is 0 Å². The zero-order chi connectivity index (χ0) is 14.2. The lowest BCUT2D eigenvalue weighted by atomic mass is 10.1. The largest absolute Gasteiger partial charge is 0.394 e. The molecular weight excluding hydrogens is 276 g/mol. The molecule has 1 aromatic rings. The van der Waals surface area contributed by atoms with Crippen LogP contribution in [0.4, 0.5) is 10.9 Å². The summed E-state index contributed by atoms with van der Waals surface area (Å²) in [6, 6.07) is 0. The fourth-order valence-corrected chi connectivity index (χ4v) is 3.41. The van der Waals surface area contributed by atoms with Crippen LogP contribution in [-0.2, 0) is 0 Å². The van der Waals surface area contributed by atoms with Crippen molar-refractivity contribution in [1.82, 2.24) is 10.3 Å². The molecule has 2 aliphatic rings. The maximum Gasteiger partial charge on any atom is 0.265 e. The maximum atomic E-state index is 12.2.